The van der Waals surface area contributed by atoms with Crippen LogP contribution in [0.2, 0.25) is 0 Å². The van der Waals surface area contributed by atoms with Gasteiger partial charge in [-0.15, -0.1) is 18.2 Å². The molecule has 1 aromatic rings. The van der Waals surface area contributed by atoms with Crippen molar-refractivity contribution in [2.45, 2.75) is 63.2 Å². The van der Waals surface area contributed by atoms with Crippen LogP contribution >= 0.6 is 11.8 Å². The number of carboxylic acid groups (broad SMARTS) is 1. The fraction of sp³-hybridized carbons (Fsp3) is 0.519. The molecule has 2 aliphatic rings. The number of carbonyl (C=O) groups is 5. The second-order valence-corrected chi connectivity index (χ2v) is 11.6. The number of rotatable bonds is 8. The molecule has 210 valence electrons. The van der Waals surface area contributed by atoms with Gasteiger partial charge in [-0.1, -0.05) is 50.1 Å². The van der Waals surface area contributed by atoms with Crippen LogP contribution in [0.1, 0.15) is 45.2 Å². The molecule has 2 heterocycles. The minimum atomic E-state index is -1.27. The largest absolute Gasteiger partial charge is 0.465 e. The molecule has 0 spiro atoms. The maximum atomic E-state index is 13.8. The Balaban J connectivity index is 1.86. The van der Waals surface area contributed by atoms with Gasteiger partial charge in [0, 0.05) is 7.05 Å². The Morgan fingerprint density at radius 3 is 2.51 bits per heavy atom. The maximum Gasteiger partial charge on any atom is 0.407 e. The Morgan fingerprint density at radius 2 is 1.90 bits per heavy atom. The third kappa shape index (κ3) is 6.65. The topological polar surface area (TPSA) is 148 Å². The van der Waals surface area contributed by atoms with Gasteiger partial charge in [0.05, 0.1) is 11.9 Å². The maximum absolute atomic E-state index is 13.8. The zero-order chi connectivity index (χ0) is 28.9. The smallest absolute Gasteiger partial charge is 0.407 e. The fourth-order valence-corrected chi connectivity index (χ4v) is 6.47. The number of likely N-dealkylation sites (N-methyl/N-ethyl adjacent to an activating group) is 1. The number of hydrogen-bond donors (Lipinski definition) is 4. The van der Waals surface area contributed by atoms with Crippen molar-refractivity contribution in [3.8, 4) is 12.3 Å². The zero-order valence-electron chi connectivity index (χ0n) is 22.5. The standard InChI is InChI=1S/C27H35N5O6S/c1-6-13-28-23(34)20(17-10-8-7-9-11-17)30-24(35)21-27(3,4)15-19-32(21)25(36)18(12-14-39-19)29-22(33)16(2)31(5)26(37)38/h1,7-11,16,18-21H,12-15H2,2-5H3,(H,28,34)(H,29,33)(H,30,35)(H,37,38)/t16?,18-,19-,20?,21+/m0/s1. The summed E-state index contributed by atoms with van der Waals surface area (Å²) in [6.07, 6.45) is 4.90. The van der Waals surface area contributed by atoms with E-state index in [0.717, 1.165) is 4.90 Å². The zero-order valence-corrected chi connectivity index (χ0v) is 23.3. The van der Waals surface area contributed by atoms with Gasteiger partial charge in [-0.3, -0.25) is 24.1 Å². The van der Waals surface area contributed by atoms with Gasteiger partial charge in [-0.05, 0) is 36.5 Å². The Morgan fingerprint density at radius 1 is 1.23 bits per heavy atom. The molecule has 2 aliphatic heterocycles. The number of thioether (sulfide) groups is 1. The molecule has 0 radical (unpaired) electrons. The molecule has 0 bridgehead atoms. The van der Waals surface area contributed by atoms with Crippen molar-refractivity contribution in [3.05, 3.63) is 35.9 Å². The van der Waals surface area contributed by atoms with Gasteiger partial charge in [0.2, 0.25) is 23.6 Å². The van der Waals surface area contributed by atoms with E-state index in [1.54, 1.807) is 30.3 Å². The van der Waals surface area contributed by atoms with Crippen molar-refractivity contribution < 1.29 is 29.1 Å². The highest BCUT2D eigenvalue weighted by Crippen LogP contribution is 2.46. The number of carbonyl (C=O) groups excluding carboxylic acids is 4. The number of nitrogens with zero attached hydrogens (tertiary/aromatic N) is 2. The third-order valence-electron chi connectivity index (χ3n) is 7.17. The monoisotopic (exact) mass is 557 g/mol. The highest BCUT2D eigenvalue weighted by atomic mass is 32.2. The van der Waals surface area contributed by atoms with E-state index in [1.807, 2.05) is 13.8 Å². The summed E-state index contributed by atoms with van der Waals surface area (Å²) in [4.78, 5) is 67.0. The van der Waals surface area contributed by atoms with E-state index in [4.69, 9.17) is 6.42 Å². The Kier molecular flexibility index (Phi) is 9.50. The first-order chi connectivity index (χ1) is 18.4. The van der Waals surface area contributed by atoms with Gasteiger partial charge in [0.15, 0.2) is 0 Å². The molecule has 0 saturated carbocycles. The van der Waals surface area contributed by atoms with Crippen LogP contribution in [0.5, 0.6) is 0 Å². The predicted octanol–water partition coefficient (Wildman–Crippen LogP) is 1.17. The molecule has 1 aromatic carbocycles. The molecule has 3 rings (SSSR count). The lowest BCUT2D eigenvalue weighted by Gasteiger charge is -2.35. The lowest BCUT2D eigenvalue weighted by molar-refractivity contribution is -0.144. The number of nitrogens with one attached hydrogen (secondary N) is 3. The van der Waals surface area contributed by atoms with Crippen molar-refractivity contribution in [2.24, 2.45) is 5.41 Å². The summed E-state index contributed by atoms with van der Waals surface area (Å²) in [5, 5.41) is 17.0. The average molecular weight is 558 g/mol. The third-order valence-corrected chi connectivity index (χ3v) is 8.42. The van der Waals surface area contributed by atoms with Gasteiger partial charge in [-0.2, -0.15) is 0 Å². The first kappa shape index (κ1) is 29.8. The molecule has 39 heavy (non-hydrogen) atoms. The van der Waals surface area contributed by atoms with E-state index < -0.39 is 59.3 Å². The number of amides is 5. The van der Waals surface area contributed by atoms with E-state index in [1.165, 1.54) is 30.6 Å². The van der Waals surface area contributed by atoms with E-state index in [2.05, 4.69) is 21.9 Å². The molecule has 0 aromatic heterocycles. The SMILES string of the molecule is C#CCNC(=O)C(NC(=O)[C@H]1N2C(=O)[C@@H](NC(=O)C(C)N(C)C(=O)O)CCS[C@H]2CC1(C)C)c1ccccc1. The van der Waals surface area contributed by atoms with Crippen LogP contribution in [0.15, 0.2) is 30.3 Å². The highest BCUT2D eigenvalue weighted by Gasteiger charge is 2.54. The molecular weight excluding hydrogens is 522 g/mol. The molecule has 5 amide bonds. The fourth-order valence-electron chi connectivity index (χ4n) is 4.89. The van der Waals surface area contributed by atoms with Crippen molar-refractivity contribution in [1.82, 2.24) is 25.8 Å². The Bertz CT molecular complexity index is 1150. The second-order valence-electron chi connectivity index (χ2n) is 10.4. The summed E-state index contributed by atoms with van der Waals surface area (Å²) in [6.45, 7) is 5.22. The number of fused-ring (bicyclic) bond motifs is 1. The molecular formula is C27H35N5O6S. The number of terminal acetylenes is 1. The lowest BCUT2D eigenvalue weighted by Crippen LogP contribution is -2.59. The minimum absolute atomic E-state index is 0.00679. The summed E-state index contributed by atoms with van der Waals surface area (Å²) in [5.41, 5.74) is -0.0672. The minimum Gasteiger partial charge on any atom is -0.465 e. The predicted molar refractivity (Wildman–Crippen MR) is 146 cm³/mol. The number of benzene rings is 1. The Hall–Kier alpha value is -3.72. The summed E-state index contributed by atoms with van der Waals surface area (Å²) >= 11 is 1.53. The molecule has 12 heteroatoms. The summed E-state index contributed by atoms with van der Waals surface area (Å²) in [6, 6.07) is 4.87. The van der Waals surface area contributed by atoms with Gasteiger partial charge >= 0.3 is 6.09 Å². The lowest BCUT2D eigenvalue weighted by atomic mass is 9.83. The van der Waals surface area contributed by atoms with Crippen LogP contribution in [0, 0.1) is 17.8 Å². The van der Waals surface area contributed by atoms with E-state index in [0.29, 0.717) is 24.2 Å². The summed E-state index contributed by atoms with van der Waals surface area (Å²) < 4.78 is 0. The molecule has 2 unspecified atom stereocenters. The van der Waals surface area contributed by atoms with Gasteiger partial charge in [0.25, 0.3) is 0 Å². The van der Waals surface area contributed by atoms with E-state index in [-0.39, 0.29) is 11.9 Å². The molecule has 4 N–H and O–H groups in total. The van der Waals surface area contributed by atoms with E-state index >= 15 is 0 Å². The summed E-state index contributed by atoms with van der Waals surface area (Å²) in [7, 11) is 1.28. The first-order valence-electron chi connectivity index (χ1n) is 12.7. The van der Waals surface area contributed by atoms with Crippen LogP contribution in [-0.2, 0) is 19.2 Å². The molecule has 0 aliphatic carbocycles. The van der Waals surface area contributed by atoms with Gasteiger partial charge < -0.3 is 26.0 Å². The first-order valence-corrected chi connectivity index (χ1v) is 13.7. The van der Waals surface area contributed by atoms with Crippen molar-refractivity contribution in [1.29, 1.82) is 0 Å². The van der Waals surface area contributed by atoms with Crippen molar-refractivity contribution in [3.63, 3.8) is 0 Å². The highest BCUT2D eigenvalue weighted by molar-refractivity contribution is 7.99. The van der Waals surface area contributed by atoms with Crippen LogP contribution < -0.4 is 16.0 Å². The van der Waals surface area contributed by atoms with Gasteiger partial charge in [0.1, 0.15) is 24.2 Å². The summed E-state index contributed by atoms with van der Waals surface area (Å²) in [5.74, 6) is 0.926. The van der Waals surface area contributed by atoms with Gasteiger partial charge in [-0.25, -0.2) is 4.79 Å². The average Bonchev–Trinajstić information content (AvgIpc) is 3.09. The second kappa shape index (κ2) is 12.4. The molecule has 5 atom stereocenters. The van der Waals surface area contributed by atoms with Crippen molar-refractivity contribution in [2.75, 3.05) is 19.3 Å². The number of hydrogen-bond acceptors (Lipinski definition) is 6. The normalized spacial score (nSPS) is 23.3. The van der Waals surface area contributed by atoms with Crippen LogP contribution in [-0.4, -0.2) is 87.5 Å². The Labute approximate surface area is 232 Å². The molecule has 11 nitrogen and oxygen atoms in total. The quantitative estimate of drug-likeness (QED) is 0.351. The molecule has 2 saturated heterocycles. The molecule has 2 fully saturated rings. The van der Waals surface area contributed by atoms with E-state index in [9.17, 15) is 29.1 Å². The van der Waals surface area contributed by atoms with Crippen LogP contribution in [0.25, 0.3) is 0 Å². The van der Waals surface area contributed by atoms with Crippen molar-refractivity contribution >= 4 is 41.5 Å². The van der Waals surface area contributed by atoms with Crippen LogP contribution in [0.4, 0.5) is 4.79 Å². The van der Waals surface area contributed by atoms with Crippen LogP contribution in [0.3, 0.4) is 0 Å².